The molecule has 7 heteroatoms. The van der Waals surface area contributed by atoms with Crippen LogP contribution in [0.5, 0.6) is 0 Å². The van der Waals surface area contributed by atoms with Crippen molar-refractivity contribution in [3.8, 4) is 0 Å². The van der Waals surface area contributed by atoms with Gasteiger partial charge in [-0.2, -0.15) is 5.10 Å². The van der Waals surface area contributed by atoms with Gasteiger partial charge in [0.1, 0.15) is 5.02 Å². The molecule has 6 nitrogen and oxygen atoms in total. The third kappa shape index (κ3) is 3.01. The Hall–Kier alpha value is -1.56. The van der Waals surface area contributed by atoms with Gasteiger partial charge in [-0.15, -0.1) is 0 Å². The van der Waals surface area contributed by atoms with E-state index < -0.39 is 17.4 Å². The number of aliphatic carboxylic acids is 1. The van der Waals surface area contributed by atoms with Gasteiger partial charge in [0.05, 0.1) is 23.3 Å². The second kappa shape index (κ2) is 7.00. The van der Waals surface area contributed by atoms with E-state index in [1.165, 1.54) is 23.9 Å². The van der Waals surface area contributed by atoms with Gasteiger partial charge in [0.15, 0.2) is 0 Å². The van der Waals surface area contributed by atoms with Crippen LogP contribution < -0.4 is 10.9 Å². The normalized spacial score (nSPS) is 40.8. The van der Waals surface area contributed by atoms with Crippen LogP contribution in [0.3, 0.4) is 0 Å². The Morgan fingerprint density at radius 2 is 1.93 bits per heavy atom. The number of nitrogens with zero attached hydrogens (tertiary/aromatic N) is 2. The van der Waals surface area contributed by atoms with Gasteiger partial charge >= 0.3 is 5.97 Å². The van der Waals surface area contributed by atoms with E-state index in [4.69, 9.17) is 11.6 Å². The summed E-state index contributed by atoms with van der Waals surface area (Å²) < 4.78 is 1.47. The number of carbonyl (C=O) groups is 1. The zero-order valence-electron chi connectivity index (χ0n) is 16.9. The largest absolute Gasteiger partial charge is 0.481 e. The molecule has 1 aromatic heterocycles. The molecule has 5 saturated carbocycles. The van der Waals surface area contributed by atoms with E-state index in [0.717, 1.165) is 38.5 Å². The van der Waals surface area contributed by atoms with Crippen molar-refractivity contribution in [2.45, 2.75) is 76.3 Å². The molecular formula is C22H30ClN3O3. The molecule has 5 fully saturated rings. The second-order valence-corrected chi connectivity index (χ2v) is 10.5. The summed E-state index contributed by atoms with van der Waals surface area (Å²) in [6.45, 7) is 2.23. The van der Waals surface area contributed by atoms with Gasteiger partial charge in [-0.3, -0.25) is 9.59 Å². The molecule has 6 rings (SSSR count). The first-order valence-electron chi connectivity index (χ1n) is 11.2. The number of aromatic nitrogens is 2. The SMILES string of the molecule is CC1CCCCC1Nc1cnn(C23CC4CC(CC(C4)C2C(=O)O)C3)c(=O)c1Cl. The minimum Gasteiger partial charge on any atom is -0.481 e. The van der Waals surface area contributed by atoms with Gasteiger partial charge in [0.2, 0.25) is 0 Å². The summed E-state index contributed by atoms with van der Waals surface area (Å²) in [6.07, 6.45) is 10.9. The first kappa shape index (κ1) is 19.4. The van der Waals surface area contributed by atoms with Crippen molar-refractivity contribution in [3.63, 3.8) is 0 Å². The van der Waals surface area contributed by atoms with E-state index in [0.29, 0.717) is 29.5 Å². The minimum absolute atomic E-state index is 0.145. The number of carboxylic acids is 1. The first-order chi connectivity index (χ1) is 13.9. The van der Waals surface area contributed by atoms with Gasteiger partial charge in [0, 0.05) is 6.04 Å². The van der Waals surface area contributed by atoms with Crippen LogP contribution in [0.2, 0.25) is 5.02 Å². The number of carboxylic acid groups (broad SMARTS) is 1. The number of hydrogen-bond donors (Lipinski definition) is 2. The fraction of sp³-hybridized carbons (Fsp3) is 0.773. The van der Waals surface area contributed by atoms with Crippen LogP contribution in [-0.4, -0.2) is 26.9 Å². The molecule has 5 aliphatic carbocycles. The highest BCUT2D eigenvalue weighted by atomic mass is 35.5. The third-order valence-electron chi connectivity index (χ3n) is 8.33. The Bertz CT molecular complexity index is 871. The summed E-state index contributed by atoms with van der Waals surface area (Å²) >= 11 is 6.55. The Kier molecular flexibility index (Phi) is 4.68. The summed E-state index contributed by atoms with van der Waals surface area (Å²) in [5.74, 6) is 0.326. The van der Waals surface area contributed by atoms with Crippen LogP contribution >= 0.6 is 11.6 Å². The van der Waals surface area contributed by atoms with Crippen molar-refractivity contribution < 1.29 is 9.90 Å². The van der Waals surface area contributed by atoms with Crippen molar-refractivity contribution in [1.29, 1.82) is 0 Å². The number of halogens is 1. The van der Waals surface area contributed by atoms with E-state index in [1.54, 1.807) is 6.20 Å². The fourth-order valence-electron chi connectivity index (χ4n) is 7.31. The maximum atomic E-state index is 13.3. The summed E-state index contributed by atoms with van der Waals surface area (Å²) in [5.41, 5.74) is -0.477. The maximum absolute atomic E-state index is 13.3. The molecule has 158 valence electrons. The quantitative estimate of drug-likeness (QED) is 0.766. The van der Waals surface area contributed by atoms with Gasteiger partial charge in [-0.25, -0.2) is 4.68 Å². The third-order valence-corrected chi connectivity index (χ3v) is 8.70. The van der Waals surface area contributed by atoms with Crippen molar-refractivity contribution in [2.24, 2.45) is 29.6 Å². The highest BCUT2D eigenvalue weighted by molar-refractivity contribution is 6.32. The molecule has 0 aliphatic heterocycles. The Morgan fingerprint density at radius 3 is 2.59 bits per heavy atom. The monoisotopic (exact) mass is 419 g/mol. The van der Waals surface area contributed by atoms with Crippen molar-refractivity contribution in [2.75, 3.05) is 5.32 Å². The Labute approximate surface area is 176 Å². The Balaban J connectivity index is 1.52. The van der Waals surface area contributed by atoms with E-state index in [2.05, 4.69) is 17.3 Å². The van der Waals surface area contributed by atoms with Crippen molar-refractivity contribution in [3.05, 3.63) is 21.6 Å². The molecule has 4 bridgehead atoms. The lowest BCUT2D eigenvalue weighted by molar-refractivity contribution is -0.168. The molecule has 5 atom stereocenters. The molecule has 1 heterocycles. The van der Waals surface area contributed by atoms with Crippen LogP contribution in [0.15, 0.2) is 11.0 Å². The second-order valence-electron chi connectivity index (χ2n) is 10.1. The number of nitrogens with one attached hydrogen (secondary N) is 1. The topological polar surface area (TPSA) is 84.2 Å². The molecule has 5 aliphatic rings. The lowest BCUT2D eigenvalue weighted by Gasteiger charge is -2.59. The highest BCUT2D eigenvalue weighted by Gasteiger charge is 2.61. The minimum atomic E-state index is -0.795. The molecule has 0 saturated heterocycles. The summed E-state index contributed by atoms with van der Waals surface area (Å²) in [7, 11) is 0. The summed E-state index contributed by atoms with van der Waals surface area (Å²) in [6, 6.07) is 0.296. The van der Waals surface area contributed by atoms with Gasteiger partial charge < -0.3 is 10.4 Å². The van der Waals surface area contributed by atoms with E-state index in [-0.39, 0.29) is 16.5 Å². The predicted octanol–water partition coefficient (Wildman–Crippen LogP) is 4.12. The van der Waals surface area contributed by atoms with Gasteiger partial charge in [-0.05, 0) is 68.6 Å². The average Bonchev–Trinajstić information content (AvgIpc) is 2.66. The van der Waals surface area contributed by atoms with E-state index in [1.807, 2.05) is 0 Å². The smallest absolute Gasteiger partial charge is 0.309 e. The van der Waals surface area contributed by atoms with Crippen LogP contribution in [0.1, 0.15) is 64.7 Å². The molecule has 0 radical (unpaired) electrons. The standard InChI is InChI=1S/C22H30ClN3O3/c1-12-4-2-3-5-16(12)25-17-11-24-26(20(27)19(17)23)22-9-13-6-14(10-22)8-15(7-13)18(22)21(28)29/h11-16,18,25H,2-10H2,1H3,(H,28,29). The molecule has 0 amide bonds. The zero-order chi connectivity index (χ0) is 20.3. The average molecular weight is 420 g/mol. The number of anilines is 1. The Morgan fingerprint density at radius 1 is 1.24 bits per heavy atom. The lowest BCUT2D eigenvalue weighted by atomic mass is 9.48. The van der Waals surface area contributed by atoms with Crippen LogP contribution in [0, 0.1) is 29.6 Å². The fourth-order valence-corrected chi connectivity index (χ4v) is 7.50. The van der Waals surface area contributed by atoms with E-state index >= 15 is 0 Å². The number of rotatable bonds is 4. The van der Waals surface area contributed by atoms with Crippen LogP contribution in [0.25, 0.3) is 0 Å². The van der Waals surface area contributed by atoms with Gasteiger partial charge in [-0.1, -0.05) is 31.4 Å². The number of hydrogen-bond acceptors (Lipinski definition) is 4. The van der Waals surface area contributed by atoms with Crippen LogP contribution in [-0.2, 0) is 10.3 Å². The first-order valence-corrected chi connectivity index (χ1v) is 11.5. The van der Waals surface area contributed by atoms with Gasteiger partial charge in [0.25, 0.3) is 5.56 Å². The van der Waals surface area contributed by atoms with Crippen LogP contribution in [0.4, 0.5) is 5.69 Å². The molecular weight excluding hydrogens is 390 g/mol. The predicted molar refractivity (Wildman–Crippen MR) is 111 cm³/mol. The lowest BCUT2D eigenvalue weighted by Crippen LogP contribution is -2.63. The van der Waals surface area contributed by atoms with E-state index in [9.17, 15) is 14.7 Å². The summed E-state index contributed by atoms with van der Waals surface area (Å²) in [5, 5.41) is 18.2. The van der Waals surface area contributed by atoms with Crippen molar-refractivity contribution >= 4 is 23.3 Å². The summed E-state index contributed by atoms with van der Waals surface area (Å²) in [4.78, 5) is 25.6. The molecule has 0 aromatic carbocycles. The zero-order valence-corrected chi connectivity index (χ0v) is 17.7. The molecule has 29 heavy (non-hydrogen) atoms. The molecule has 5 unspecified atom stereocenters. The van der Waals surface area contributed by atoms with Crippen molar-refractivity contribution in [1.82, 2.24) is 9.78 Å². The molecule has 0 spiro atoms. The molecule has 1 aromatic rings. The highest BCUT2D eigenvalue weighted by Crippen LogP contribution is 2.61. The maximum Gasteiger partial charge on any atom is 0.309 e. The molecule has 2 N–H and O–H groups in total.